The molecular weight excluding hydrogens is 404 g/mol. The van der Waals surface area contributed by atoms with Crippen LogP contribution in [0.1, 0.15) is 47.2 Å². The first-order valence-electron chi connectivity index (χ1n) is 8.81. The van der Waals surface area contributed by atoms with Gasteiger partial charge >= 0.3 is 0 Å². The van der Waals surface area contributed by atoms with E-state index in [1.807, 2.05) is 45.0 Å². The number of hydrogen-bond donors (Lipinski definition) is 0. The molecule has 1 aromatic carbocycles. The van der Waals surface area contributed by atoms with E-state index in [2.05, 4.69) is 0 Å². The summed E-state index contributed by atoms with van der Waals surface area (Å²) in [7, 11) is -0.0797. The number of amides is 1. The summed E-state index contributed by atoms with van der Waals surface area (Å²) in [5, 5.41) is 0. The third-order valence-corrected chi connectivity index (χ3v) is 6.55. The lowest BCUT2D eigenvalue weighted by molar-refractivity contribution is 0.0884. The SMILES string of the molecule is CC(C)c1cc(OCc2ccc(CN(C)C)o2)cc2c1C(=O)N(CCl)S2(=O)=O. The van der Waals surface area contributed by atoms with Crippen LogP contribution in [0.4, 0.5) is 0 Å². The van der Waals surface area contributed by atoms with E-state index in [9.17, 15) is 13.2 Å². The third kappa shape index (κ3) is 3.76. The van der Waals surface area contributed by atoms with Gasteiger partial charge < -0.3 is 14.1 Å². The summed E-state index contributed by atoms with van der Waals surface area (Å²) >= 11 is 5.71. The molecule has 152 valence electrons. The van der Waals surface area contributed by atoms with Gasteiger partial charge in [-0.15, -0.1) is 11.6 Å². The molecule has 1 amide bonds. The van der Waals surface area contributed by atoms with Gasteiger partial charge in [-0.05, 0) is 43.8 Å². The number of sulfonamides is 1. The average Bonchev–Trinajstić information content (AvgIpc) is 3.12. The van der Waals surface area contributed by atoms with E-state index >= 15 is 0 Å². The molecule has 9 heteroatoms. The average molecular weight is 427 g/mol. The lowest BCUT2D eigenvalue weighted by atomic mass is 9.96. The molecular formula is C19H23ClN2O5S. The van der Waals surface area contributed by atoms with Crippen molar-refractivity contribution in [3.05, 3.63) is 46.9 Å². The number of carbonyl (C=O) groups excluding carboxylic acids is 1. The van der Waals surface area contributed by atoms with Crippen molar-refractivity contribution in [3.63, 3.8) is 0 Å². The molecule has 0 saturated heterocycles. The van der Waals surface area contributed by atoms with Crippen molar-refractivity contribution in [2.75, 3.05) is 20.1 Å². The van der Waals surface area contributed by atoms with Gasteiger partial charge in [0.05, 0.1) is 12.1 Å². The predicted molar refractivity (Wildman–Crippen MR) is 105 cm³/mol. The van der Waals surface area contributed by atoms with Gasteiger partial charge in [0.25, 0.3) is 15.9 Å². The van der Waals surface area contributed by atoms with Crippen LogP contribution in [0.5, 0.6) is 5.75 Å². The molecule has 0 N–H and O–H groups in total. The minimum Gasteiger partial charge on any atom is -0.486 e. The first-order valence-corrected chi connectivity index (χ1v) is 10.8. The molecule has 0 unspecified atom stereocenters. The number of benzene rings is 1. The molecule has 1 aromatic heterocycles. The standard InChI is InChI=1S/C19H23ClN2O5S/c1-12(2)16-7-15(26-10-14-6-5-13(27-14)9-21(3)4)8-17-18(16)19(23)22(11-20)28(17,24)25/h5-8,12H,9-11H2,1-4H3. The van der Waals surface area contributed by atoms with Gasteiger partial charge in [-0.25, -0.2) is 12.7 Å². The Hall–Kier alpha value is -2.03. The van der Waals surface area contributed by atoms with Crippen LogP contribution in [0.3, 0.4) is 0 Å². The molecule has 3 rings (SSSR count). The Morgan fingerprint density at radius 1 is 1.21 bits per heavy atom. The molecule has 0 atom stereocenters. The number of carbonyl (C=O) groups is 1. The van der Waals surface area contributed by atoms with E-state index < -0.39 is 21.9 Å². The number of halogens is 1. The van der Waals surface area contributed by atoms with Crippen molar-refractivity contribution in [3.8, 4) is 5.75 Å². The van der Waals surface area contributed by atoms with Crippen LogP contribution in [0.25, 0.3) is 0 Å². The van der Waals surface area contributed by atoms with Gasteiger partial charge in [-0.3, -0.25) is 4.79 Å². The largest absolute Gasteiger partial charge is 0.486 e. The number of hydrogen-bond acceptors (Lipinski definition) is 6. The summed E-state index contributed by atoms with van der Waals surface area (Å²) in [5.41, 5.74) is 0.788. The topological polar surface area (TPSA) is 80.1 Å². The van der Waals surface area contributed by atoms with Gasteiger partial charge in [-0.1, -0.05) is 13.8 Å². The maximum absolute atomic E-state index is 12.7. The van der Waals surface area contributed by atoms with Gasteiger partial charge in [0.1, 0.15) is 34.8 Å². The van der Waals surface area contributed by atoms with Crippen LogP contribution in [0.2, 0.25) is 0 Å². The summed E-state index contributed by atoms with van der Waals surface area (Å²) in [4.78, 5) is 14.5. The molecule has 0 saturated carbocycles. The molecule has 0 aliphatic carbocycles. The predicted octanol–water partition coefficient (Wildman–Crippen LogP) is 3.38. The second kappa shape index (κ2) is 7.77. The maximum Gasteiger partial charge on any atom is 0.270 e. The van der Waals surface area contributed by atoms with E-state index in [1.54, 1.807) is 6.07 Å². The van der Waals surface area contributed by atoms with E-state index in [0.717, 1.165) is 5.76 Å². The monoisotopic (exact) mass is 426 g/mol. The van der Waals surface area contributed by atoms with Crippen LogP contribution in [0.15, 0.2) is 33.6 Å². The number of furan rings is 1. The normalized spacial score (nSPS) is 15.5. The Morgan fingerprint density at radius 3 is 2.50 bits per heavy atom. The molecule has 1 aliphatic heterocycles. The van der Waals surface area contributed by atoms with Crippen LogP contribution in [-0.2, 0) is 23.2 Å². The van der Waals surface area contributed by atoms with Crippen LogP contribution in [-0.4, -0.2) is 43.6 Å². The van der Waals surface area contributed by atoms with Gasteiger partial charge in [0, 0.05) is 6.07 Å². The molecule has 0 radical (unpaired) electrons. The Bertz CT molecular complexity index is 998. The van der Waals surface area contributed by atoms with Crippen LogP contribution in [0, 0.1) is 0 Å². The van der Waals surface area contributed by atoms with E-state index in [-0.39, 0.29) is 23.0 Å². The zero-order valence-corrected chi connectivity index (χ0v) is 17.8. The summed E-state index contributed by atoms with van der Waals surface area (Å²) in [5.74, 6) is 1.14. The molecule has 28 heavy (non-hydrogen) atoms. The van der Waals surface area contributed by atoms with E-state index in [4.69, 9.17) is 20.8 Å². The number of nitrogens with zero attached hydrogens (tertiary/aromatic N) is 2. The van der Waals surface area contributed by atoms with Crippen molar-refractivity contribution >= 4 is 27.5 Å². The first kappa shape index (κ1) is 20.7. The fourth-order valence-corrected chi connectivity index (χ4v) is 5.00. The molecule has 0 bridgehead atoms. The fourth-order valence-electron chi connectivity index (χ4n) is 3.10. The van der Waals surface area contributed by atoms with Gasteiger partial charge in [-0.2, -0.15) is 0 Å². The van der Waals surface area contributed by atoms with Crippen molar-refractivity contribution in [2.24, 2.45) is 0 Å². The minimum atomic E-state index is -3.97. The Balaban J connectivity index is 1.91. The molecule has 2 heterocycles. The highest BCUT2D eigenvalue weighted by atomic mass is 35.5. The Labute approximate surface area is 169 Å². The second-order valence-corrected chi connectivity index (χ2v) is 9.28. The zero-order valence-electron chi connectivity index (χ0n) is 16.2. The second-order valence-electron chi connectivity index (χ2n) is 7.21. The first-order chi connectivity index (χ1) is 13.1. The molecule has 0 spiro atoms. The highest BCUT2D eigenvalue weighted by Gasteiger charge is 2.43. The smallest absolute Gasteiger partial charge is 0.270 e. The van der Waals surface area contributed by atoms with Crippen LogP contribution >= 0.6 is 11.6 Å². The number of ether oxygens (including phenoxy) is 1. The Morgan fingerprint density at radius 2 is 1.89 bits per heavy atom. The molecule has 2 aromatic rings. The molecule has 1 aliphatic rings. The van der Waals surface area contributed by atoms with Gasteiger partial charge in [0.15, 0.2) is 0 Å². The van der Waals surface area contributed by atoms with Crippen molar-refractivity contribution in [1.29, 1.82) is 0 Å². The summed E-state index contributed by atoms with van der Waals surface area (Å²) in [6, 6.07) is 6.36. The number of rotatable bonds is 7. The van der Waals surface area contributed by atoms with E-state index in [0.29, 0.717) is 27.9 Å². The molecule has 0 fully saturated rings. The zero-order chi connectivity index (χ0) is 20.6. The maximum atomic E-state index is 12.7. The highest BCUT2D eigenvalue weighted by Crippen LogP contribution is 2.39. The van der Waals surface area contributed by atoms with Crippen molar-refractivity contribution < 1.29 is 22.4 Å². The van der Waals surface area contributed by atoms with Crippen LogP contribution < -0.4 is 4.74 Å². The van der Waals surface area contributed by atoms with Crippen molar-refractivity contribution in [2.45, 2.75) is 37.8 Å². The Kier molecular flexibility index (Phi) is 5.74. The molecule has 7 nitrogen and oxygen atoms in total. The summed E-state index contributed by atoms with van der Waals surface area (Å²) < 4.78 is 37.5. The van der Waals surface area contributed by atoms with E-state index in [1.165, 1.54) is 6.07 Å². The lowest BCUT2D eigenvalue weighted by Gasteiger charge is -2.13. The third-order valence-electron chi connectivity index (χ3n) is 4.42. The quantitative estimate of drug-likeness (QED) is 0.498. The lowest BCUT2D eigenvalue weighted by Crippen LogP contribution is -2.28. The fraction of sp³-hybridized carbons (Fsp3) is 0.421. The highest BCUT2D eigenvalue weighted by molar-refractivity contribution is 7.90. The number of fused-ring (bicyclic) bond motifs is 1. The summed E-state index contributed by atoms with van der Waals surface area (Å²) in [6.07, 6.45) is 0. The summed E-state index contributed by atoms with van der Waals surface area (Å²) in [6.45, 7) is 4.60. The minimum absolute atomic E-state index is 0.0629. The van der Waals surface area contributed by atoms with Gasteiger partial charge in [0.2, 0.25) is 0 Å². The number of alkyl halides is 1. The van der Waals surface area contributed by atoms with Crippen molar-refractivity contribution in [1.82, 2.24) is 9.21 Å².